The normalized spacial score (nSPS) is 11.8. The van der Waals surface area contributed by atoms with E-state index in [9.17, 15) is 9.59 Å². The first-order chi connectivity index (χ1) is 10.0. The van der Waals surface area contributed by atoms with Crippen LogP contribution in [-0.2, 0) is 9.59 Å². The molecule has 6 nitrogen and oxygen atoms in total. The van der Waals surface area contributed by atoms with E-state index in [0.717, 1.165) is 5.39 Å². The first-order valence-corrected chi connectivity index (χ1v) is 6.52. The minimum atomic E-state index is -0.615. The van der Waals surface area contributed by atoms with Crippen LogP contribution in [-0.4, -0.2) is 29.9 Å². The van der Waals surface area contributed by atoms with Gasteiger partial charge in [0, 0.05) is 18.5 Å². The van der Waals surface area contributed by atoms with E-state index in [1.807, 2.05) is 6.07 Å². The maximum Gasteiger partial charge on any atom is 0.246 e. The third-order valence-electron chi connectivity index (χ3n) is 3.02. The summed E-state index contributed by atoms with van der Waals surface area (Å²) in [4.78, 5) is 27.3. The van der Waals surface area contributed by atoms with Gasteiger partial charge in [0.1, 0.15) is 17.3 Å². The number of nitrogens with one attached hydrogen (secondary N) is 2. The maximum absolute atomic E-state index is 12.1. The predicted molar refractivity (Wildman–Crippen MR) is 80.2 cm³/mol. The Morgan fingerprint density at radius 2 is 2.05 bits per heavy atom. The van der Waals surface area contributed by atoms with Crippen LogP contribution < -0.4 is 15.4 Å². The fourth-order valence-electron chi connectivity index (χ4n) is 2.03. The van der Waals surface area contributed by atoms with Gasteiger partial charge in [0.2, 0.25) is 11.8 Å². The van der Waals surface area contributed by atoms with Crippen molar-refractivity contribution in [2.75, 3.05) is 12.4 Å². The second-order valence-corrected chi connectivity index (χ2v) is 4.63. The number of hydrogen-bond donors (Lipinski definition) is 2. The summed E-state index contributed by atoms with van der Waals surface area (Å²) in [7, 11) is 1.57. The zero-order valence-corrected chi connectivity index (χ0v) is 12.1. The molecule has 0 aliphatic carbocycles. The van der Waals surface area contributed by atoms with Gasteiger partial charge in [-0.1, -0.05) is 0 Å². The summed E-state index contributed by atoms with van der Waals surface area (Å²) in [5, 5.41) is 6.11. The number of ether oxygens (including phenoxy) is 1. The van der Waals surface area contributed by atoms with E-state index in [4.69, 9.17) is 4.74 Å². The van der Waals surface area contributed by atoms with Crippen molar-refractivity contribution in [3.8, 4) is 5.75 Å². The quantitative estimate of drug-likeness (QED) is 0.897. The van der Waals surface area contributed by atoms with E-state index in [2.05, 4.69) is 15.6 Å². The first-order valence-electron chi connectivity index (χ1n) is 6.52. The summed E-state index contributed by atoms with van der Waals surface area (Å²) in [5.74, 6) is 0.0953. The molecule has 0 bridgehead atoms. The number of pyridine rings is 1. The zero-order chi connectivity index (χ0) is 15.4. The molecule has 0 saturated heterocycles. The van der Waals surface area contributed by atoms with Crippen LogP contribution in [0.1, 0.15) is 13.8 Å². The summed E-state index contributed by atoms with van der Waals surface area (Å²) in [5.41, 5.74) is 1.30. The number of anilines is 1. The number of carbonyl (C=O) groups excluding carboxylic acids is 2. The molecule has 6 heteroatoms. The lowest BCUT2D eigenvalue weighted by molar-refractivity contribution is -0.124. The van der Waals surface area contributed by atoms with Crippen molar-refractivity contribution >= 4 is 28.4 Å². The summed E-state index contributed by atoms with van der Waals surface area (Å²) in [6, 6.07) is 6.52. The van der Waals surface area contributed by atoms with Crippen molar-refractivity contribution in [1.82, 2.24) is 10.3 Å². The Hall–Kier alpha value is -2.63. The fraction of sp³-hybridized carbons (Fsp3) is 0.267. The van der Waals surface area contributed by atoms with Crippen molar-refractivity contribution in [1.29, 1.82) is 0 Å². The lowest BCUT2D eigenvalue weighted by Crippen LogP contribution is -2.40. The average Bonchev–Trinajstić information content (AvgIpc) is 2.46. The molecule has 110 valence electrons. The summed E-state index contributed by atoms with van der Waals surface area (Å²) >= 11 is 0. The van der Waals surface area contributed by atoms with E-state index in [-0.39, 0.29) is 11.8 Å². The minimum Gasteiger partial charge on any atom is -0.494 e. The van der Waals surface area contributed by atoms with Crippen molar-refractivity contribution in [2.24, 2.45) is 0 Å². The number of rotatable bonds is 4. The van der Waals surface area contributed by atoms with Crippen molar-refractivity contribution < 1.29 is 14.3 Å². The lowest BCUT2D eigenvalue weighted by Gasteiger charge is -2.15. The third-order valence-corrected chi connectivity index (χ3v) is 3.02. The molecular formula is C15H17N3O3. The number of hydrogen-bond acceptors (Lipinski definition) is 4. The molecule has 2 rings (SSSR count). The number of nitrogens with zero attached hydrogens (tertiary/aromatic N) is 1. The van der Waals surface area contributed by atoms with Gasteiger partial charge >= 0.3 is 0 Å². The molecule has 1 aromatic carbocycles. The Kier molecular flexibility index (Phi) is 4.37. The standard InChI is InChI=1S/C15H17N3O3/c1-9(17-10(2)19)15(20)18-12-6-7-13(21-3)14-11(12)5-4-8-16-14/h4-9H,1-3H3,(H,17,19)(H,18,20). The molecular weight excluding hydrogens is 270 g/mol. The summed E-state index contributed by atoms with van der Waals surface area (Å²) in [6.07, 6.45) is 1.66. The molecule has 0 fully saturated rings. The molecule has 0 spiro atoms. The van der Waals surface area contributed by atoms with Crippen LogP contribution in [0.2, 0.25) is 0 Å². The van der Waals surface area contributed by atoms with Crippen LogP contribution >= 0.6 is 0 Å². The molecule has 1 aromatic heterocycles. The number of methoxy groups -OCH3 is 1. The largest absolute Gasteiger partial charge is 0.494 e. The topological polar surface area (TPSA) is 80.3 Å². The highest BCUT2D eigenvalue weighted by Gasteiger charge is 2.15. The number of carbonyl (C=O) groups is 2. The van der Waals surface area contributed by atoms with Gasteiger partial charge in [-0.2, -0.15) is 0 Å². The number of aromatic nitrogens is 1. The number of fused-ring (bicyclic) bond motifs is 1. The molecule has 1 atom stereocenters. The van der Waals surface area contributed by atoms with E-state index in [0.29, 0.717) is 17.0 Å². The van der Waals surface area contributed by atoms with Gasteiger partial charge in [0.25, 0.3) is 0 Å². The van der Waals surface area contributed by atoms with Crippen molar-refractivity contribution in [3.63, 3.8) is 0 Å². The third kappa shape index (κ3) is 3.28. The van der Waals surface area contributed by atoms with E-state index < -0.39 is 6.04 Å². The summed E-state index contributed by atoms with van der Waals surface area (Å²) < 4.78 is 5.26. The number of amides is 2. The molecule has 0 aliphatic heterocycles. The smallest absolute Gasteiger partial charge is 0.246 e. The van der Waals surface area contributed by atoms with Crippen LogP contribution in [0.5, 0.6) is 5.75 Å². The second-order valence-electron chi connectivity index (χ2n) is 4.63. The highest BCUT2D eigenvalue weighted by atomic mass is 16.5. The Morgan fingerprint density at radius 1 is 1.29 bits per heavy atom. The van der Waals surface area contributed by atoms with Gasteiger partial charge in [0.15, 0.2) is 0 Å². The summed E-state index contributed by atoms with van der Waals surface area (Å²) in [6.45, 7) is 3.00. The molecule has 2 N–H and O–H groups in total. The predicted octanol–water partition coefficient (Wildman–Crippen LogP) is 1.71. The van der Waals surface area contributed by atoms with Crippen LogP contribution in [0.25, 0.3) is 10.9 Å². The maximum atomic E-state index is 12.1. The molecule has 0 aliphatic rings. The van der Waals surface area contributed by atoms with E-state index in [1.54, 1.807) is 38.4 Å². The van der Waals surface area contributed by atoms with Gasteiger partial charge in [-0.05, 0) is 31.2 Å². The second kappa shape index (κ2) is 6.21. The number of benzene rings is 1. The van der Waals surface area contributed by atoms with E-state index in [1.165, 1.54) is 6.92 Å². The molecule has 2 aromatic rings. The Balaban J connectivity index is 2.31. The van der Waals surface area contributed by atoms with Crippen molar-refractivity contribution in [3.05, 3.63) is 30.5 Å². The SMILES string of the molecule is COc1ccc(NC(=O)C(C)NC(C)=O)c2cccnc12. The molecule has 2 amide bonds. The van der Waals surface area contributed by atoms with Gasteiger partial charge in [-0.15, -0.1) is 0 Å². The molecule has 1 unspecified atom stereocenters. The fourth-order valence-corrected chi connectivity index (χ4v) is 2.03. The van der Waals surface area contributed by atoms with E-state index >= 15 is 0 Å². The van der Waals surface area contributed by atoms with Gasteiger partial charge in [0.05, 0.1) is 12.8 Å². The van der Waals surface area contributed by atoms with Gasteiger partial charge < -0.3 is 15.4 Å². The molecule has 21 heavy (non-hydrogen) atoms. The lowest BCUT2D eigenvalue weighted by atomic mass is 10.1. The first kappa shape index (κ1) is 14.8. The Bertz CT molecular complexity index is 685. The van der Waals surface area contributed by atoms with Crippen LogP contribution in [0.3, 0.4) is 0 Å². The minimum absolute atomic E-state index is 0.251. The Labute approximate surface area is 122 Å². The monoisotopic (exact) mass is 287 g/mol. The van der Waals surface area contributed by atoms with Gasteiger partial charge in [-0.25, -0.2) is 0 Å². The highest BCUT2D eigenvalue weighted by molar-refractivity contribution is 6.04. The van der Waals surface area contributed by atoms with Gasteiger partial charge in [-0.3, -0.25) is 14.6 Å². The van der Waals surface area contributed by atoms with Crippen LogP contribution in [0.15, 0.2) is 30.5 Å². The van der Waals surface area contributed by atoms with Crippen molar-refractivity contribution in [2.45, 2.75) is 19.9 Å². The molecule has 1 heterocycles. The Morgan fingerprint density at radius 3 is 2.71 bits per heavy atom. The van der Waals surface area contributed by atoms with Crippen LogP contribution in [0.4, 0.5) is 5.69 Å². The molecule has 0 saturated carbocycles. The highest BCUT2D eigenvalue weighted by Crippen LogP contribution is 2.29. The zero-order valence-electron chi connectivity index (χ0n) is 12.1. The van der Waals surface area contributed by atoms with Crippen LogP contribution in [0, 0.1) is 0 Å². The molecule has 0 radical (unpaired) electrons. The average molecular weight is 287 g/mol.